The van der Waals surface area contributed by atoms with Gasteiger partial charge in [-0.05, 0) is 67.1 Å². The van der Waals surface area contributed by atoms with E-state index in [0.29, 0.717) is 13.2 Å². The first-order valence-corrected chi connectivity index (χ1v) is 9.87. The van der Waals surface area contributed by atoms with Crippen LogP contribution in [0.3, 0.4) is 0 Å². The first-order chi connectivity index (χ1) is 14.7. The van der Waals surface area contributed by atoms with Gasteiger partial charge in [0.15, 0.2) is 11.5 Å². The molecular weight excluding hydrogens is 378 g/mol. The molecule has 0 aliphatic rings. The predicted octanol–water partition coefficient (Wildman–Crippen LogP) is 5.05. The lowest BCUT2D eigenvalue weighted by molar-refractivity contribution is 0.310. The Kier molecular flexibility index (Phi) is 5.75. The van der Waals surface area contributed by atoms with Crippen molar-refractivity contribution in [1.29, 1.82) is 0 Å². The highest BCUT2D eigenvalue weighted by Crippen LogP contribution is 2.29. The molecule has 4 aromatic rings. The first-order valence-electron chi connectivity index (χ1n) is 9.87. The van der Waals surface area contributed by atoms with Crippen LogP contribution in [-0.4, -0.2) is 30.4 Å². The van der Waals surface area contributed by atoms with Crippen molar-refractivity contribution in [1.82, 2.24) is 9.55 Å². The number of benzene rings is 3. The van der Waals surface area contributed by atoms with E-state index in [9.17, 15) is 0 Å². The number of hydrogen-bond donors (Lipinski definition) is 1. The van der Waals surface area contributed by atoms with Crippen molar-refractivity contribution in [3.63, 3.8) is 0 Å². The maximum Gasteiger partial charge on any atom is 0.161 e. The zero-order chi connectivity index (χ0) is 20.9. The van der Waals surface area contributed by atoms with Crippen LogP contribution in [0.2, 0.25) is 0 Å². The third-order valence-electron chi connectivity index (χ3n) is 4.92. The van der Waals surface area contributed by atoms with Gasteiger partial charge in [-0.1, -0.05) is 6.07 Å². The van der Waals surface area contributed by atoms with Crippen LogP contribution in [-0.2, 0) is 6.54 Å². The number of nitrogens with one attached hydrogen (secondary N) is 1. The van der Waals surface area contributed by atoms with Gasteiger partial charge in [-0.25, -0.2) is 4.98 Å². The number of aromatic nitrogens is 2. The SMILES string of the molecule is CCOc1ccc(CNc2ccc3c(c2)ncn3-c2ccc(OC)cc2)cc1OC. The standard InChI is InChI=1S/C24H25N3O3/c1-4-30-23-12-5-17(13-24(23)29-3)15-25-18-6-11-22-21(14-18)26-16-27(22)19-7-9-20(28-2)10-8-19/h5-14,16,25H,4,15H2,1-3H3. The Morgan fingerprint density at radius 2 is 1.73 bits per heavy atom. The van der Waals surface area contributed by atoms with Crippen LogP contribution in [0.1, 0.15) is 12.5 Å². The Morgan fingerprint density at radius 3 is 2.47 bits per heavy atom. The summed E-state index contributed by atoms with van der Waals surface area (Å²) in [4.78, 5) is 4.57. The number of rotatable bonds is 8. The minimum atomic E-state index is 0.608. The van der Waals surface area contributed by atoms with E-state index in [1.165, 1.54) is 0 Å². The lowest BCUT2D eigenvalue weighted by Crippen LogP contribution is -2.01. The molecule has 0 radical (unpaired) electrons. The molecule has 0 aliphatic heterocycles. The van der Waals surface area contributed by atoms with Crippen molar-refractivity contribution in [3.8, 4) is 22.9 Å². The van der Waals surface area contributed by atoms with E-state index in [0.717, 1.165) is 45.2 Å². The van der Waals surface area contributed by atoms with Gasteiger partial charge >= 0.3 is 0 Å². The number of methoxy groups -OCH3 is 2. The summed E-state index contributed by atoms with van der Waals surface area (Å²) in [6, 6.07) is 20.1. The summed E-state index contributed by atoms with van der Waals surface area (Å²) in [7, 11) is 3.32. The second-order valence-electron chi connectivity index (χ2n) is 6.79. The van der Waals surface area contributed by atoms with Gasteiger partial charge in [0.05, 0.1) is 31.9 Å². The summed E-state index contributed by atoms with van der Waals surface area (Å²) >= 11 is 0. The van der Waals surface area contributed by atoms with Gasteiger partial charge < -0.3 is 19.5 Å². The molecule has 0 bridgehead atoms. The van der Waals surface area contributed by atoms with E-state index in [-0.39, 0.29) is 0 Å². The molecule has 0 fully saturated rings. The Balaban J connectivity index is 1.50. The zero-order valence-corrected chi connectivity index (χ0v) is 17.4. The summed E-state index contributed by atoms with van der Waals surface area (Å²) in [6.07, 6.45) is 1.84. The predicted molar refractivity (Wildman–Crippen MR) is 119 cm³/mol. The van der Waals surface area contributed by atoms with Crippen molar-refractivity contribution in [2.24, 2.45) is 0 Å². The molecule has 0 saturated carbocycles. The Labute approximate surface area is 176 Å². The van der Waals surface area contributed by atoms with Crippen molar-refractivity contribution >= 4 is 16.7 Å². The van der Waals surface area contributed by atoms with Gasteiger partial charge in [0, 0.05) is 17.9 Å². The topological polar surface area (TPSA) is 57.5 Å². The number of ether oxygens (including phenoxy) is 3. The third kappa shape index (κ3) is 4.03. The van der Waals surface area contributed by atoms with Crippen LogP contribution in [0, 0.1) is 0 Å². The quantitative estimate of drug-likeness (QED) is 0.446. The number of imidazole rings is 1. The van der Waals surface area contributed by atoms with Crippen LogP contribution in [0.25, 0.3) is 16.7 Å². The van der Waals surface area contributed by atoms with Crippen molar-refractivity contribution in [2.45, 2.75) is 13.5 Å². The summed E-state index contributed by atoms with van der Waals surface area (Å²) in [5.74, 6) is 2.33. The Morgan fingerprint density at radius 1 is 0.900 bits per heavy atom. The lowest BCUT2D eigenvalue weighted by atomic mass is 10.2. The average Bonchev–Trinajstić information content (AvgIpc) is 3.22. The molecule has 1 heterocycles. The molecule has 154 valence electrons. The molecule has 6 nitrogen and oxygen atoms in total. The number of anilines is 1. The fourth-order valence-corrected chi connectivity index (χ4v) is 3.37. The minimum Gasteiger partial charge on any atom is -0.497 e. The third-order valence-corrected chi connectivity index (χ3v) is 4.92. The minimum absolute atomic E-state index is 0.608. The van der Waals surface area contributed by atoms with E-state index in [1.807, 2.05) is 55.7 Å². The normalized spacial score (nSPS) is 10.8. The summed E-state index contributed by atoms with van der Waals surface area (Å²) in [5, 5.41) is 3.46. The van der Waals surface area contributed by atoms with Crippen LogP contribution in [0.4, 0.5) is 5.69 Å². The number of hydrogen-bond acceptors (Lipinski definition) is 5. The molecule has 0 saturated heterocycles. The second-order valence-corrected chi connectivity index (χ2v) is 6.79. The summed E-state index contributed by atoms with van der Waals surface area (Å²) < 4.78 is 18.3. The fourth-order valence-electron chi connectivity index (χ4n) is 3.37. The van der Waals surface area contributed by atoms with E-state index in [1.54, 1.807) is 14.2 Å². The highest BCUT2D eigenvalue weighted by Gasteiger charge is 2.08. The molecule has 0 aliphatic carbocycles. The molecule has 1 N–H and O–H groups in total. The number of nitrogens with zero attached hydrogens (tertiary/aromatic N) is 2. The van der Waals surface area contributed by atoms with Crippen LogP contribution >= 0.6 is 0 Å². The maximum absolute atomic E-state index is 5.58. The second kappa shape index (κ2) is 8.78. The summed E-state index contributed by atoms with van der Waals surface area (Å²) in [6.45, 7) is 3.24. The van der Waals surface area contributed by atoms with Gasteiger partial charge in [0.25, 0.3) is 0 Å². The highest BCUT2D eigenvalue weighted by molar-refractivity contribution is 5.81. The zero-order valence-electron chi connectivity index (χ0n) is 17.4. The molecular formula is C24H25N3O3. The molecule has 0 amide bonds. The van der Waals surface area contributed by atoms with E-state index in [4.69, 9.17) is 14.2 Å². The monoisotopic (exact) mass is 403 g/mol. The van der Waals surface area contributed by atoms with Gasteiger partial charge in [-0.15, -0.1) is 0 Å². The van der Waals surface area contributed by atoms with Gasteiger partial charge in [-0.3, -0.25) is 4.57 Å². The van der Waals surface area contributed by atoms with Crippen molar-refractivity contribution in [3.05, 3.63) is 72.6 Å². The van der Waals surface area contributed by atoms with Gasteiger partial charge in [0.1, 0.15) is 12.1 Å². The molecule has 3 aromatic carbocycles. The van der Waals surface area contributed by atoms with E-state index < -0.39 is 0 Å². The number of fused-ring (bicyclic) bond motifs is 1. The van der Waals surface area contributed by atoms with Gasteiger partial charge in [0.2, 0.25) is 0 Å². The average molecular weight is 403 g/mol. The Hall–Kier alpha value is -3.67. The van der Waals surface area contributed by atoms with Crippen LogP contribution in [0.5, 0.6) is 17.2 Å². The fraction of sp³-hybridized carbons (Fsp3) is 0.208. The molecule has 1 aromatic heterocycles. The molecule has 4 rings (SSSR count). The van der Waals surface area contributed by atoms with Crippen LogP contribution < -0.4 is 19.5 Å². The molecule has 0 atom stereocenters. The van der Waals surface area contributed by atoms with Crippen LogP contribution in [0.15, 0.2) is 67.0 Å². The molecule has 0 spiro atoms. The lowest BCUT2D eigenvalue weighted by Gasteiger charge is -2.12. The smallest absolute Gasteiger partial charge is 0.161 e. The molecule has 30 heavy (non-hydrogen) atoms. The largest absolute Gasteiger partial charge is 0.497 e. The van der Waals surface area contributed by atoms with Gasteiger partial charge in [-0.2, -0.15) is 0 Å². The molecule has 6 heteroatoms. The van der Waals surface area contributed by atoms with E-state index >= 15 is 0 Å². The Bertz CT molecular complexity index is 1140. The van der Waals surface area contributed by atoms with Crippen molar-refractivity contribution < 1.29 is 14.2 Å². The first kappa shape index (κ1) is 19.6. The van der Waals surface area contributed by atoms with E-state index in [2.05, 4.69) is 33.1 Å². The maximum atomic E-state index is 5.58. The highest BCUT2D eigenvalue weighted by atomic mass is 16.5. The summed E-state index contributed by atoms with van der Waals surface area (Å²) in [5.41, 5.74) is 5.14. The molecule has 0 unspecified atom stereocenters. The van der Waals surface area contributed by atoms with Crippen molar-refractivity contribution in [2.75, 3.05) is 26.1 Å².